The van der Waals surface area contributed by atoms with E-state index in [1.165, 1.54) is 0 Å². The van der Waals surface area contributed by atoms with Gasteiger partial charge >= 0.3 is 0 Å². The van der Waals surface area contributed by atoms with E-state index in [9.17, 15) is 9.90 Å². The molecule has 4 nitrogen and oxygen atoms in total. The number of carbonyl (C=O) groups is 1. The first-order valence-corrected chi connectivity index (χ1v) is 7.23. The highest BCUT2D eigenvalue weighted by atomic mass is 16.3. The predicted molar refractivity (Wildman–Crippen MR) is 79.7 cm³/mol. The Kier molecular flexibility index (Phi) is 4.65. The molecular formula is C16H24N2O2. The highest BCUT2D eigenvalue weighted by molar-refractivity contribution is 5.78. The SMILES string of the molecule is Cc1cc(CN(C)CC(=O)N2CCCC2)cc(C)c1O. The minimum absolute atomic E-state index is 0.220. The number of amides is 1. The second-order valence-electron chi connectivity index (χ2n) is 5.84. The van der Waals surface area contributed by atoms with Gasteiger partial charge in [0.1, 0.15) is 5.75 Å². The van der Waals surface area contributed by atoms with Crippen LogP contribution >= 0.6 is 0 Å². The van der Waals surface area contributed by atoms with Crippen molar-refractivity contribution in [1.29, 1.82) is 0 Å². The molecule has 0 spiro atoms. The quantitative estimate of drug-likeness (QED) is 0.915. The Labute approximate surface area is 121 Å². The molecule has 1 fully saturated rings. The van der Waals surface area contributed by atoms with Crippen molar-refractivity contribution in [2.75, 3.05) is 26.7 Å². The van der Waals surface area contributed by atoms with E-state index in [2.05, 4.69) is 0 Å². The van der Waals surface area contributed by atoms with Crippen molar-refractivity contribution >= 4 is 5.91 Å². The summed E-state index contributed by atoms with van der Waals surface area (Å²) in [6.07, 6.45) is 2.26. The van der Waals surface area contributed by atoms with E-state index in [1.54, 1.807) is 0 Å². The number of aromatic hydroxyl groups is 1. The summed E-state index contributed by atoms with van der Waals surface area (Å²) in [5.41, 5.74) is 2.91. The molecule has 1 saturated heterocycles. The molecule has 20 heavy (non-hydrogen) atoms. The average molecular weight is 276 g/mol. The van der Waals surface area contributed by atoms with Gasteiger partial charge in [-0.1, -0.05) is 12.1 Å². The van der Waals surface area contributed by atoms with Crippen molar-refractivity contribution in [3.8, 4) is 5.75 Å². The van der Waals surface area contributed by atoms with Gasteiger partial charge in [-0.25, -0.2) is 0 Å². The molecule has 0 aromatic heterocycles. The number of hydrogen-bond donors (Lipinski definition) is 1. The molecule has 1 aromatic carbocycles. The summed E-state index contributed by atoms with van der Waals surface area (Å²) in [7, 11) is 1.96. The number of benzene rings is 1. The lowest BCUT2D eigenvalue weighted by molar-refractivity contribution is -0.131. The van der Waals surface area contributed by atoms with Crippen LogP contribution in [0.2, 0.25) is 0 Å². The van der Waals surface area contributed by atoms with Crippen molar-refractivity contribution < 1.29 is 9.90 Å². The van der Waals surface area contributed by atoms with Crippen molar-refractivity contribution in [2.45, 2.75) is 33.2 Å². The molecule has 0 aliphatic carbocycles. The van der Waals surface area contributed by atoms with Gasteiger partial charge in [-0.2, -0.15) is 0 Å². The third-order valence-corrected chi connectivity index (χ3v) is 3.87. The fourth-order valence-electron chi connectivity index (χ4n) is 2.80. The maximum atomic E-state index is 12.1. The van der Waals surface area contributed by atoms with E-state index < -0.39 is 0 Å². The Morgan fingerprint density at radius 3 is 2.35 bits per heavy atom. The van der Waals surface area contributed by atoms with E-state index in [0.717, 1.165) is 49.2 Å². The number of likely N-dealkylation sites (tertiary alicyclic amines) is 1. The van der Waals surface area contributed by atoms with Gasteiger partial charge in [-0.15, -0.1) is 0 Å². The second kappa shape index (κ2) is 6.27. The fourth-order valence-corrected chi connectivity index (χ4v) is 2.80. The molecule has 1 aliphatic rings. The van der Waals surface area contributed by atoms with Crippen LogP contribution in [-0.4, -0.2) is 47.5 Å². The monoisotopic (exact) mass is 276 g/mol. The molecule has 1 aromatic rings. The summed E-state index contributed by atoms with van der Waals surface area (Å²) in [5.74, 6) is 0.585. The van der Waals surface area contributed by atoms with E-state index >= 15 is 0 Å². The lowest BCUT2D eigenvalue weighted by Gasteiger charge is -2.21. The molecule has 1 aliphatic heterocycles. The van der Waals surface area contributed by atoms with E-state index in [0.29, 0.717) is 12.3 Å². The van der Waals surface area contributed by atoms with Crippen LogP contribution < -0.4 is 0 Å². The average Bonchev–Trinajstić information content (AvgIpc) is 2.89. The van der Waals surface area contributed by atoms with Crippen LogP contribution in [-0.2, 0) is 11.3 Å². The topological polar surface area (TPSA) is 43.8 Å². The van der Waals surface area contributed by atoms with E-state index in [4.69, 9.17) is 0 Å². The second-order valence-corrected chi connectivity index (χ2v) is 5.84. The predicted octanol–water partition coefficient (Wildman–Crippen LogP) is 2.06. The maximum absolute atomic E-state index is 12.1. The van der Waals surface area contributed by atoms with Gasteiger partial charge in [0, 0.05) is 19.6 Å². The first-order valence-electron chi connectivity index (χ1n) is 7.23. The minimum Gasteiger partial charge on any atom is -0.507 e. The van der Waals surface area contributed by atoms with Crippen molar-refractivity contribution in [3.63, 3.8) is 0 Å². The zero-order valence-corrected chi connectivity index (χ0v) is 12.6. The Bertz CT molecular complexity index is 470. The largest absolute Gasteiger partial charge is 0.507 e. The van der Waals surface area contributed by atoms with E-state index in [-0.39, 0.29) is 5.91 Å². The number of aryl methyl sites for hydroxylation is 2. The van der Waals surface area contributed by atoms with Gasteiger partial charge in [0.05, 0.1) is 6.54 Å². The van der Waals surface area contributed by atoms with Gasteiger partial charge in [-0.05, 0) is 50.4 Å². The lowest BCUT2D eigenvalue weighted by Crippen LogP contribution is -2.36. The van der Waals surface area contributed by atoms with Crippen LogP contribution in [0.1, 0.15) is 29.5 Å². The summed E-state index contributed by atoms with van der Waals surface area (Å²) in [5, 5.41) is 9.78. The molecule has 0 bridgehead atoms. The standard InChI is InChI=1S/C16H24N2O2/c1-12-8-14(9-13(2)16(12)20)10-17(3)11-15(19)18-6-4-5-7-18/h8-9,20H,4-7,10-11H2,1-3H3. The molecule has 1 N–H and O–H groups in total. The number of likely N-dealkylation sites (N-methyl/N-ethyl adjacent to an activating group) is 1. The molecule has 4 heteroatoms. The number of phenols is 1. The molecule has 1 amide bonds. The molecular weight excluding hydrogens is 252 g/mol. The van der Waals surface area contributed by atoms with Gasteiger partial charge in [0.25, 0.3) is 0 Å². The third kappa shape index (κ3) is 3.51. The van der Waals surface area contributed by atoms with Crippen molar-refractivity contribution in [2.24, 2.45) is 0 Å². The van der Waals surface area contributed by atoms with Crippen LogP contribution in [0.25, 0.3) is 0 Å². The zero-order chi connectivity index (χ0) is 14.7. The zero-order valence-electron chi connectivity index (χ0n) is 12.6. The van der Waals surface area contributed by atoms with Crippen molar-refractivity contribution in [1.82, 2.24) is 9.80 Å². The third-order valence-electron chi connectivity index (χ3n) is 3.87. The van der Waals surface area contributed by atoms with Crippen LogP contribution in [0.5, 0.6) is 5.75 Å². The summed E-state index contributed by atoms with van der Waals surface area (Å²) < 4.78 is 0. The van der Waals surface area contributed by atoms with Crippen LogP contribution in [0.3, 0.4) is 0 Å². The molecule has 110 valence electrons. The number of nitrogens with zero attached hydrogens (tertiary/aromatic N) is 2. The Morgan fingerprint density at radius 1 is 1.25 bits per heavy atom. The fraction of sp³-hybridized carbons (Fsp3) is 0.562. The Morgan fingerprint density at radius 2 is 1.80 bits per heavy atom. The normalized spacial score (nSPS) is 15.1. The summed E-state index contributed by atoms with van der Waals surface area (Å²) in [4.78, 5) is 16.1. The molecule has 2 rings (SSSR count). The summed E-state index contributed by atoms with van der Waals surface area (Å²) in [6, 6.07) is 3.97. The molecule has 0 radical (unpaired) electrons. The maximum Gasteiger partial charge on any atom is 0.236 e. The number of carbonyl (C=O) groups excluding carboxylic acids is 1. The van der Waals surface area contributed by atoms with Crippen LogP contribution in [0, 0.1) is 13.8 Å². The number of rotatable bonds is 4. The number of phenolic OH excluding ortho intramolecular Hbond substituents is 1. The highest BCUT2D eigenvalue weighted by Gasteiger charge is 2.19. The highest BCUT2D eigenvalue weighted by Crippen LogP contribution is 2.23. The van der Waals surface area contributed by atoms with Gasteiger partial charge in [0.2, 0.25) is 5.91 Å². The summed E-state index contributed by atoms with van der Waals surface area (Å²) in [6.45, 7) is 6.80. The van der Waals surface area contributed by atoms with Crippen LogP contribution in [0.15, 0.2) is 12.1 Å². The van der Waals surface area contributed by atoms with Gasteiger partial charge < -0.3 is 10.0 Å². The smallest absolute Gasteiger partial charge is 0.236 e. The minimum atomic E-state index is 0.220. The van der Waals surface area contributed by atoms with Crippen LogP contribution in [0.4, 0.5) is 0 Å². The first kappa shape index (κ1) is 14.9. The van der Waals surface area contributed by atoms with Crippen molar-refractivity contribution in [3.05, 3.63) is 28.8 Å². The molecule has 0 atom stereocenters. The Hall–Kier alpha value is -1.55. The first-order chi connectivity index (χ1) is 9.47. The lowest BCUT2D eigenvalue weighted by atomic mass is 10.1. The van der Waals surface area contributed by atoms with Gasteiger partial charge in [-0.3, -0.25) is 9.69 Å². The molecule has 0 unspecified atom stereocenters. The molecule has 0 saturated carbocycles. The Balaban J connectivity index is 1.94. The number of hydrogen-bond acceptors (Lipinski definition) is 3. The van der Waals surface area contributed by atoms with Gasteiger partial charge in [0.15, 0.2) is 0 Å². The summed E-state index contributed by atoms with van der Waals surface area (Å²) >= 11 is 0. The molecule has 1 heterocycles. The van der Waals surface area contributed by atoms with E-state index in [1.807, 2.05) is 42.8 Å².